The van der Waals surface area contributed by atoms with Gasteiger partial charge in [0, 0.05) is 23.9 Å². The molecule has 158 valence electrons. The molecular formula is C21H15F4N5O. The molecule has 0 spiro atoms. The number of amides is 1. The first-order valence-corrected chi connectivity index (χ1v) is 9.37. The average molecular weight is 429 g/mol. The van der Waals surface area contributed by atoms with Crippen molar-refractivity contribution in [3.8, 4) is 17.3 Å². The minimum Gasteiger partial charge on any atom is -0.344 e. The van der Waals surface area contributed by atoms with Crippen molar-refractivity contribution in [2.24, 2.45) is 0 Å². The fraction of sp³-hybridized carbons (Fsp3) is 0.238. The number of fused-ring (bicyclic) bond motifs is 1. The van der Waals surface area contributed by atoms with E-state index in [0.29, 0.717) is 30.8 Å². The largest absolute Gasteiger partial charge is 0.433 e. The van der Waals surface area contributed by atoms with Gasteiger partial charge < -0.3 is 5.32 Å². The number of carbonyl (C=O) groups is 1. The van der Waals surface area contributed by atoms with Crippen molar-refractivity contribution in [1.82, 2.24) is 20.1 Å². The SMILES string of the molecule is N#Cc1cc(F)cc(C(=O)NC2CCCn3nc(-c4ccnc(C(F)(F)F)c4)cc32)c1. The van der Waals surface area contributed by atoms with E-state index in [-0.39, 0.29) is 16.7 Å². The Kier molecular flexibility index (Phi) is 5.19. The molecule has 1 aliphatic heterocycles. The van der Waals surface area contributed by atoms with E-state index in [4.69, 9.17) is 5.26 Å². The number of benzene rings is 1. The second-order valence-electron chi connectivity index (χ2n) is 7.11. The molecule has 0 radical (unpaired) electrons. The molecule has 3 heterocycles. The lowest BCUT2D eigenvalue weighted by Gasteiger charge is -2.24. The minimum absolute atomic E-state index is 0.0114. The van der Waals surface area contributed by atoms with Gasteiger partial charge in [-0.15, -0.1) is 0 Å². The monoisotopic (exact) mass is 429 g/mol. The molecule has 1 amide bonds. The zero-order chi connectivity index (χ0) is 22.2. The first-order chi connectivity index (χ1) is 14.7. The summed E-state index contributed by atoms with van der Waals surface area (Å²) >= 11 is 0. The fourth-order valence-electron chi connectivity index (χ4n) is 3.54. The Hall–Kier alpha value is -3.74. The van der Waals surface area contributed by atoms with Gasteiger partial charge in [0.15, 0.2) is 0 Å². The number of pyridine rings is 1. The standard InChI is InChI=1S/C21H15F4N5O/c22-15-7-12(11-26)6-14(8-15)20(31)28-16-2-1-5-30-18(16)10-17(29-30)13-3-4-27-19(9-13)21(23,24)25/h3-4,6-10,16H,1-2,5H2,(H,28,31). The molecule has 0 saturated carbocycles. The van der Waals surface area contributed by atoms with Gasteiger partial charge in [0.2, 0.25) is 0 Å². The molecule has 1 N–H and O–H groups in total. The number of halogens is 4. The number of rotatable bonds is 3. The van der Waals surface area contributed by atoms with Gasteiger partial charge in [0.25, 0.3) is 5.91 Å². The van der Waals surface area contributed by atoms with Crippen LogP contribution in [0.3, 0.4) is 0 Å². The van der Waals surface area contributed by atoms with Crippen LogP contribution in [0.4, 0.5) is 17.6 Å². The molecule has 0 aliphatic carbocycles. The van der Waals surface area contributed by atoms with E-state index in [1.165, 1.54) is 12.1 Å². The van der Waals surface area contributed by atoms with Gasteiger partial charge in [-0.05, 0) is 49.2 Å². The Morgan fingerprint density at radius 1 is 1.23 bits per heavy atom. The third-order valence-corrected chi connectivity index (χ3v) is 4.97. The van der Waals surface area contributed by atoms with E-state index >= 15 is 0 Å². The molecule has 4 rings (SSSR count). The summed E-state index contributed by atoms with van der Waals surface area (Å²) in [5.41, 5.74) is 0.258. The number of aryl methyl sites for hydroxylation is 1. The number of hydrogen-bond donors (Lipinski definition) is 1. The molecule has 0 bridgehead atoms. The van der Waals surface area contributed by atoms with Gasteiger partial charge in [-0.1, -0.05) is 0 Å². The van der Waals surface area contributed by atoms with E-state index in [2.05, 4.69) is 15.4 Å². The molecule has 10 heteroatoms. The van der Waals surface area contributed by atoms with Crippen LogP contribution in [0, 0.1) is 17.1 Å². The molecule has 31 heavy (non-hydrogen) atoms. The summed E-state index contributed by atoms with van der Waals surface area (Å²) in [7, 11) is 0. The van der Waals surface area contributed by atoms with Gasteiger partial charge in [0.05, 0.1) is 29.1 Å². The highest BCUT2D eigenvalue weighted by atomic mass is 19.4. The van der Waals surface area contributed by atoms with Crippen molar-refractivity contribution in [3.05, 3.63) is 70.9 Å². The summed E-state index contributed by atoms with van der Waals surface area (Å²) in [6.07, 6.45) is -2.22. The van der Waals surface area contributed by atoms with Crippen LogP contribution in [0.5, 0.6) is 0 Å². The lowest BCUT2D eigenvalue weighted by molar-refractivity contribution is -0.141. The lowest BCUT2D eigenvalue weighted by Crippen LogP contribution is -2.32. The number of carbonyl (C=O) groups excluding carboxylic acids is 1. The Morgan fingerprint density at radius 3 is 2.77 bits per heavy atom. The van der Waals surface area contributed by atoms with E-state index in [9.17, 15) is 22.4 Å². The third-order valence-electron chi connectivity index (χ3n) is 4.97. The zero-order valence-electron chi connectivity index (χ0n) is 15.9. The van der Waals surface area contributed by atoms with Gasteiger partial charge >= 0.3 is 6.18 Å². The summed E-state index contributed by atoms with van der Waals surface area (Å²) in [5.74, 6) is -1.25. The first-order valence-electron chi connectivity index (χ1n) is 9.37. The van der Waals surface area contributed by atoms with Crippen molar-refractivity contribution in [1.29, 1.82) is 5.26 Å². The minimum atomic E-state index is -4.57. The van der Waals surface area contributed by atoms with Crippen LogP contribution in [0.25, 0.3) is 11.3 Å². The quantitative estimate of drug-likeness (QED) is 0.632. The third kappa shape index (κ3) is 4.26. The van der Waals surface area contributed by atoms with Crippen LogP contribution in [-0.2, 0) is 12.7 Å². The van der Waals surface area contributed by atoms with Gasteiger partial charge in [-0.3, -0.25) is 14.5 Å². The Labute approximate surface area is 174 Å². The topological polar surface area (TPSA) is 83.6 Å². The highest BCUT2D eigenvalue weighted by Gasteiger charge is 2.33. The normalized spacial score (nSPS) is 15.8. The second-order valence-corrected chi connectivity index (χ2v) is 7.11. The smallest absolute Gasteiger partial charge is 0.344 e. The van der Waals surface area contributed by atoms with Gasteiger partial charge in [0.1, 0.15) is 11.5 Å². The summed E-state index contributed by atoms with van der Waals surface area (Å²) in [6, 6.07) is 8.70. The predicted molar refractivity (Wildman–Crippen MR) is 101 cm³/mol. The number of aromatic nitrogens is 3. The fourth-order valence-corrected chi connectivity index (χ4v) is 3.54. The first kappa shape index (κ1) is 20.5. The maximum absolute atomic E-state index is 13.7. The average Bonchev–Trinajstić information content (AvgIpc) is 3.18. The van der Waals surface area contributed by atoms with Gasteiger partial charge in [-0.25, -0.2) is 4.39 Å². The molecule has 1 unspecified atom stereocenters. The van der Waals surface area contributed by atoms with Crippen LogP contribution in [0.1, 0.15) is 46.2 Å². The molecular weight excluding hydrogens is 414 g/mol. The van der Waals surface area contributed by atoms with Crippen molar-refractivity contribution >= 4 is 5.91 Å². The molecule has 2 aromatic heterocycles. The number of alkyl halides is 3. The highest BCUT2D eigenvalue weighted by molar-refractivity contribution is 5.94. The summed E-state index contributed by atoms with van der Waals surface area (Å²) in [5, 5.41) is 16.2. The second kappa shape index (κ2) is 7.83. The van der Waals surface area contributed by atoms with E-state index in [1.807, 2.05) is 0 Å². The van der Waals surface area contributed by atoms with Crippen LogP contribution in [-0.4, -0.2) is 20.7 Å². The number of nitriles is 1. The molecule has 3 aromatic rings. The maximum atomic E-state index is 13.7. The Bertz CT molecular complexity index is 1200. The van der Waals surface area contributed by atoms with Crippen molar-refractivity contribution in [2.45, 2.75) is 31.6 Å². The van der Waals surface area contributed by atoms with E-state index in [1.54, 1.807) is 16.8 Å². The van der Waals surface area contributed by atoms with Crippen LogP contribution in [0.15, 0.2) is 42.6 Å². The van der Waals surface area contributed by atoms with Crippen LogP contribution in [0.2, 0.25) is 0 Å². The van der Waals surface area contributed by atoms with Crippen molar-refractivity contribution in [2.75, 3.05) is 0 Å². The summed E-state index contributed by atoms with van der Waals surface area (Å²) < 4.78 is 54.2. The zero-order valence-corrected chi connectivity index (χ0v) is 15.9. The van der Waals surface area contributed by atoms with Crippen LogP contribution >= 0.6 is 0 Å². The number of hydrogen-bond acceptors (Lipinski definition) is 4. The molecule has 0 saturated heterocycles. The van der Waals surface area contributed by atoms with E-state index in [0.717, 1.165) is 24.4 Å². The molecule has 1 aliphatic rings. The van der Waals surface area contributed by atoms with Crippen molar-refractivity contribution in [3.63, 3.8) is 0 Å². The van der Waals surface area contributed by atoms with E-state index < -0.39 is 29.6 Å². The summed E-state index contributed by atoms with van der Waals surface area (Å²) in [4.78, 5) is 16.0. The number of nitrogens with one attached hydrogen (secondary N) is 1. The predicted octanol–water partition coefficient (Wildman–Crippen LogP) is 4.24. The maximum Gasteiger partial charge on any atom is 0.433 e. The molecule has 1 atom stereocenters. The Balaban J connectivity index is 1.61. The summed E-state index contributed by atoms with van der Waals surface area (Å²) in [6.45, 7) is 0.553. The van der Waals surface area contributed by atoms with Crippen LogP contribution < -0.4 is 5.32 Å². The van der Waals surface area contributed by atoms with Crippen molar-refractivity contribution < 1.29 is 22.4 Å². The van der Waals surface area contributed by atoms with Gasteiger partial charge in [-0.2, -0.15) is 23.5 Å². The lowest BCUT2D eigenvalue weighted by atomic mass is 10.0. The Morgan fingerprint density at radius 2 is 2.03 bits per heavy atom. The molecule has 1 aromatic carbocycles. The molecule has 6 nitrogen and oxygen atoms in total. The highest BCUT2D eigenvalue weighted by Crippen LogP contribution is 2.32. The molecule has 0 fully saturated rings. The number of nitrogens with zero attached hydrogens (tertiary/aromatic N) is 4.